The van der Waals surface area contributed by atoms with Gasteiger partial charge in [0.25, 0.3) is 5.91 Å². The summed E-state index contributed by atoms with van der Waals surface area (Å²) in [7, 11) is 1.51. The van der Waals surface area contributed by atoms with Crippen molar-refractivity contribution in [2.45, 2.75) is 6.92 Å². The van der Waals surface area contributed by atoms with Crippen LogP contribution in [0.4, 0.5) is 4.39 Å². The van der Waals surface area contributed by atoms with Crippen LogP contribution in [0.25, 0.3) is 0 Å². The molecule has 0 saturated heterocycles. The highest BCUT2D eigenvalue weighted by Gasteiger charge is 2.11. The smallest absolute Gasteiger partial charge is 0.271 e. The van der Waals surface area contributed by atoms with Gasteiger partial charge < -0.3 is 9.47 Å². The summed E-state index contributed by atoms with van der Waals surface area (Å²) in [5.41, 5.74) is 3.28. The predicted molar refractivity (Wildman–Crippen MR) is 90.6 cm³/mol. The largest absolute Gasteiger partial charge is 0.493 e. The van der Waals surface area contributed by atoms with Gasteiger partial charge in [0.2, 0.25) is 0 Å². The van der Waals surface area contributed by atoms with Crippen LogP contribution in [0, 0.1) is 5.82 Å². The fraction of sp³-hybridized carbons (Fsp3) is 0.176. The summed E-state index contributed by atoms with van der Waals surface area (Å²) < 4.78 is 23.5. The molecule has 0 aliphatic rings. The molecule has 2 aromatic carbocycles. The van der Waals surface area contributed by atoms with Crippen molar-refractivity contribution in [3.63, 3.8) is 0 Å². The van der Waals surface area contributed by atoms with Gasteiger partial charge in [-0.1, -0.05) is 11.6 Å². The summed E-state index contributed by atoms with van der Waals surface area (Å²) in [6, 6.07) is 8.48. The molecule has 0 unspecified atom stereocenters. The van der Waals surface area contributed by atoms with E-state index in [9.17, 15) is 9.18 Å². The topological polar surface area (TPSA) is 59.9 Å². The van der Waals surface area contributed by atoms with Gasteiger partial charge >= 0.3 is 0 Å². The number of nitrogens with zero attached hydrogens (tertiary/aromatic N) is 1. The fourth-order valence-corrected chi connectivity index (χ4v) is 2.20. The summed E-state index contributed by atoms with van der Waals surface area (Å²) >= 11 is 6.15. The number of benzene rings is 2. The molecular weight excluding hydrogens is 335 g/mol. The van der Waals surface area contributed by atoms with Crippen LogP contribution in [0.1, 0.15) is 22.8 Å². The Bertz CT molecular complexity index is 748. The minimum atomic E-state index is -0.449. The van der Waals surface area contributed by atoms with Crippen LogP contribution in [-0.4, -0.2) is 25.8 Å². The van der Waals surface area contributed by atoms with Gasteiger partial charge in [-0.2, -0.15) is 5.10 Å². The zero-order valence-corrected chi connectivity index (χ0v) is 13.9. The number of methoxy groups -OCH3 is 1. The molecule has 0 bridgehead atoms. The lowest BCUT2D eigenvalue weighted by atomic mass is 10.2. The monoisotopic (exact) mass is 350 g/mol. The molecule has 24 heavy (non-hydrogen) atoms. The summed E-state index contributed by atoms with van der Waals surface area (Å²) in [5.74, 6) is 0.0613. The third-order valence-electron chi connectivity index (χ3n) is 3.03. The van der Waals surface area contributed by atoms with Crippen molar-refractivity contribution in [3.8, 4) is 11.5 Å². The van der Waals surface area contributed by atoms with Crippen LogP contribution in [0.2, 0.25) is 5.02 Å². The van der Waals surface area contributed by atoms with Crippen LogP contribution < -0.4 is 14.9 Å². The predicted octanol–water partition coefficient (Wildman–Crippen LogP) is 3.65. The Hall–Kier alpha value is -2.60. The van der Waals surface area contributed by atoms with Crippen LogP contribution >= 0.6 is 11.6 Å². The van der Waals surface area contributed by atoms with Gasteiger partial charge in [-0.05, 0) is 48.9 Å². The molecule has 0 heterocycles. The van der Waals surface area contributed by atoms with Crippen LogP contribution in [-0.2, 0) is 0 Å². The van der Waals surface area contributed by atoms with E-state index in [1.165, 1.54) is 37.6 Å². The first-order valence-corrected chi connectivity index (χ1v) is 7.52. The van der Waals surface area contributed by atoms with Crippen molar-refractivity contribution < 1.29 is 18.7 Å². The first-order valence-electron chi connectivity index (χ1n) is 7.14. The molecule has 7 heteroatoms. The van der Waals surface area contributed by atoms with Gasteiger partial charge in [0, 0.05) is 5.56 Å². The maximum atomic E-state index is 12.8. The molecule has 0 aliphatic heterocycles. The number of halogens is 2. The fourth-order valence-electron chi connectivity index (χ4n) is 1.93. The van der Waals surface area contributed by atoms with Crippen LogP contribution in [0.3, 0.4) is 0 Å². The molecule has 0 aromatic heterocycles. The summed E-state index contributed by atoms with van der Waals surface area (Å²) in [6.45, 7) is 2.30. The quantitative estimate of drug-likeness (QED) is 0.639. The summed E-state index contributed by atoms with van der Waals surface area (Å²) in [6.07, 6.45) is 1.42. The zero-order valence-electron chi connectivity index (χ0n) is 13.2. The molecule has 0 aliphatic carbocycles. The lowest BCUT2D eigenvalue weighted by Crippen LogP contribution is -2.17. The van der Waals surface area contributed by atoms with E-state index in [4.69, 9.17) is 21.1 Å². The Morgan fingerprint density at radius 3 is 2.67 bits per heavy atom. The first kappa shape index (κ1) is 17.7. The average Bonchev–Trinajstić information content (AvgIpc) is 2.57. The maximum absolute atomic E-state index is 12.8. The Balaban J connectivity index is 2.10. The number of carbonyl (C=O) groups excluding carboxylic acids is 1. The minimum Gasteiger partial charge on any atom is -0.493 e. The van der Waals surface area contributed by atoms with Gasteiger partial charge in [0.05, 0.1) is 25.0 Å². The molecule has 2 aromatic rings. The molecule has 0 spiro atoms. The van der Waals surface area contributed by atoms with Gasteiger partial charge in [0.1, 0.15) is 5.82 Å². The zero-order chi connectivity index (χ0) is 17.5. The van der Waals surface area contributed by atoms with Crippen molar-refractivity contribution in [3.05, 3.63) is 58.4 Å². The second kappa shape index (κ2) is 8.31. The number of nitrogens with one attached hydrogen (secondary N) is 1. The Kier molecular flexibility index (Phi) is 6.14. The van der Waals surface area contributed by atoms with Crippen molar-refractivity contribution in [1.29, 1.82) is 0 Å². The molecule has 126 valence electrons. The Morgan fingerprint density at radius 1 is 1.33 bits per heavy atom. The van der Waals surface area contributed by atoms with Crippen molar-refractivity contribution in [2.24, 2.45) is 5.10 Å². The standard InChI is InChI=1S/C17H16ClFN2O3/c1-3-24-16-14(18)8-11(9-15(16)23-2)10-20-21-17(22)12-4-6-13(19)7-5-12/h4-10H,3H2,1-2H3,(H,21,22)/b20-10-. The second-order valence-corrected chi connectivity index (χ2v) is 5.08. The van der Waals surface area contributed by atoms with E-state index >= 15 is 0 Å². The molecule has 1 amide bonds. The third-order valence-corrected chi connectivity index (χ3v) is 3.31. The van der Waals surface area contributed by atoms with E-state index in [0.29, 0.717) is 34.3 Å². The van der Waals surface area contributed by atoms with Crippen molar-refractivity contribution in [2.75, 3.05) is 13.7 Å². The van der Waals surface area contributed by atoms with E-state index < -0.39 is 11.7 Å². The number of hydrazone groups is 1. The van der Waals surface area contributed by atoms with Gasteiger partial charge in [-0.3, -0.25) is 4.79 Å². The van der Waals surface area contributed by atoms with E-state index in [-0.39, 0.29) is 0 Å². The van der Waals surface area contributed by atoms with E-state index in [1.54, 1.807) is 12.1 Å². The number of hydrogen-bond acceptors (Lipinski definition) is 4. The molecule has 5 nitrogen and oxygen atoms in total. The van der Waals surface area contributed by atoms with Crippen molar-refractivity contribution in [1.82, 2.24) is 5.43 Å². The molecular formula is C17H16ClFN2O3. The van der Waals surface area contributed by atoms with Gasteiger partial charge in [0.15, 0.2) is 11.5 Å². The van der Waals surface area contributed by atoms with Gasteiger partial charge in [-0.25, -0.2) is 9.82 Å². The third kappa shape index (κ3) is 4.45. The van der Waals surface area contributed by atoms with E-state index in [2.05, 4.69) is 10.5 Å². The number of ether oxygens (including phenoxy) is 2. The lowest BCUT2D eigenvalue weighted by Gasteiger charge is -2.11. The van der Waals surface area contributed by atoms with Crippen LogP contribution in [0.15, 0.2) is 41.5 Å². The van der Waals surface area contributed by atoms with Crippen LogP contribution in [0.5, 0.6) is 11.5 Å². The number of rotatable bonds is 6. The molecule has 0 fully saturated rings. The second-order valence-electron chi connectivity index (χ2n) is 4.67. The van der Waals surface area contributed by atoms with E-state index in [1.807, 2.05) is 6.92 Å². The maximum Gasteiger partial charge on any atom is 0.271 e. The minimum absolute atomic E-state index is 0.302. The number of amides is 1. The van der Waals surface area contributed by atoms with Crippen molar-refractivity contribution >= 4 is 23.7 Å². The molecule has 0 saturated carbocycles. The number of hydrogen-bond donors (Lipinski definition) is 1. The molecule has 0 atom stereocenters. The Morgan fingerprint density at radius 2 is 2.04 bits per heavy atom. The SMILES string of the molecule is CCOc1c(Cl)cc(/C=N\NC(=O)c2ccc(F)cc2)cc1OC. The summed E-state index contributed by atoms with van der Waals surface area (Å²) in [4.78, 5) is 11.9. The highest BCUT2D eigenvalue weighted by molar-refractivity contribution is 6.32. The van der Waals surface area contributed by atoms with E-state index in [0.717, 1.165) is 0 Å². The lowest BCUT2D eigenvalue weighted by molar-refractivity contribution is 0.0955. The molecule has 0 radical (unpaired) electrons. The summed E-state index contributed by atoms with van der Waals surface area (Å²) in [5, 5.41) is 4.24. The molecule has 1 N–H and O–H groups in total. The average molecular weight is 351 g/mol. The number of carbonyl (C=O) groups is 1. The highest BCUT2D eigenvalue weighted by atomic mass is 35.5. The highest BCUT2D eigenvalue weighted by Crippen LogP contribution is 2.35. The first-order chi connectivity index (χ1) is 11.5. The normalized spacial score (nSPS) is 10.7. The Labute approximate surface area is 144 Å². The van der Waals surface area contributed by atoms with Gasteiger partial charge in [-0.15, -0.1) is 0 Å². The molecule has 2 rings (SSSR count).